The van der Waals surface area contributed by atoms with E-state index in [4.69, 9.17) is 0 Å². The lowest BCUT2D eigenvalue weighted by Crippen LogP contribution is -2.36. The van der Waals surface area contributed by atoms with Crippen molar-refractivity contribution in [3.05, 3.63) is 35.4 Å². The molecule has 1 heteroatoms. The van der Waals surface area contributed by atoms with Gasteiger partial charge in [-0.1, -0.05) is 45.0 Å². The molecule has 1 aromatic carbocycles. The van der Waals surface area contributed by atoms with Crippen LogP contribution in [-0.2, 0) is 12.8 Å². The maximum absolute atomic E-state index is 10.7. The van der Waals surface area contributed by atoms with Crippen LogP contribution in [0.15, 0.2) is 24.3 Å². The van der Waals surface area contributed by atoms with Gasteiger partial charge in [-0.25, -0.2) is 0 Å². The first-order valence-corrected chi connectivity index (χ1v) is 6.67. The summed E-state index contributed by atoms with van der Waals surface area (Å²) in [7, 11) is 0. The minimum atomic E-state index is -0.471. The lowest BCUT2D eigenvalue weighted by Gasteiger charge is -2.35. The number of rotatable bonds is 2. The standard InChI is InChI=1S/C16H24O/c1-15(2,3)10-11-16(17)9-8-13-6-4-5-7-14(13)12-16/h4-7,17H,8-12H2,1-3H3. The number of fused-ring (bicyclic) bond motifs is 1. The predicted molar refractivity (Wildman–Crippen MR) is 72.1 cm³/mol. The SMILES string of the molecule is CC(C)(C)CCC1(O)CCc2ccccc2C1. The van der Waals surface area contributed by atoms with E-state index in [0.29, 0.717) is 5.41 Å². The zero-order valence-corrected chi connectivity index (χ0v) is 11.3. The molecule has 0 aromatic heterocycles. The topological polar surface area (TPSA) is 20.2 Å². The van der Waals surface area contributed by atoms with Crippen LogP contribution in [-0.4, -0.2) is 10.7 Å². The quantitative estimate of drug-likeness (QED) is 0.823. The summed E-state index contributed by atoms with van der Waals surface area (Å²) in [4.78, 5) is 0. The molecule has 0 saturated heterocycles. The van der Waals surface area contributed by atoms with Crippen molar-refractivity contribution in [3.8, 4) is 0 Å². The molecule has 2 rings (SSSR count). The van der Waals surface area contributed by atoms with E-state index in [1.807, 2.05) is 0 Å². The van der Waals surface area contributed by atoms with Crippen molar-refractivity contribution in [1.82, 2.24) is 0 Å². The van der Waals surface area contributed by atoms with Gasteiger partial charge in [0, 0.05) is 6.42 Å². The zero-order valence-electron chi connectivity index (χ0n) is 11.3. The van der Waals surface area contributed by atoms with Crippen LogP contribution < -0.4 is 0 Å². The van der Waals surface area contributed by atoms with Crippen LogP contribution in [0.1, 0.15) is 51.2 Å². The van der Waals surface area contributed by atoms with Gasteiger partial charge in [0.15, 0.2) is 0 Å². The summed E-state index contributed by atoms with van der Waals surface area (Å²) in [6, 6.07) is 8.53. The second-order valence-corrected chi connectivity index (χ2v) is 6.73. The molecule has 1 aromatic rings. The van der Waals surface area contributed by atoms with Crippen molar-refractivity contribution in [2.45, 2.75) is 58.5 Å². The first kappa shape index (κ1) is 12.6. The number of benzene rings is 1. The summed E-state index contributed by atoms with van der Waals surface area (Å²) in [5.41, 5.74) is 2.61. The van der Waals surface area contributed by atoms with Crippen LogP contribution in [0.3, 0.4) is 0 Å². The van der Waals surface area contributed by atoms with E-state index in [-0.39, 0.29) is 0 Å². The van der Waals surface area contributed by atoms with E-state index in [1.54, 1.807) is 0 Å². The lowest BCUT2D eigenvalue weighted by molar-refractivity contribution is 0.00811. The molecule has 94 valence electrons. The van der Waals surface area contributed by atoms with E-state index in [2.05, 4.69) is 45.0 Å². The van der Waals surface area contributed by atoms with Crippen LogP contribution in [0, 0.1) is 5.41 Å². The second-order valence-electron chi connectivity index (χ2n) is 6.73. The normalized spacial score (nSPS) is 24.5. The molecule has 0 spiro atoms. The highest BCUT2D eigenvalue weighted by atomic mass is 16.3. The maximum atomic E-state index is 10.7. The molecule has 0 radical (unpaired) electrons. The first-order valence-electron chi connectivity index (χ1n) is 6.67. The average Bonchev–Trinajstić information content (AvgIpc) is 2.26. The number of hydrogen-bond donors (Lipinski definition) is 1. The fraction of sp³-hybridized carbons (Fsp3) is 0.625. The Hall–Kier alpha value is -0.820. The number of aryl methyl sites for hydroxylation is 1. The van der Waals surface area contributed by atoms with Crippen molar-refractivity contribution in [3.63, 3.8) is 0 Å². The van der Waals surface area contributed by atoms with Gasteiger partial charge in [0.2, 0.25) is 0 Å². The van der Waals surface area contributed by atoms with Crippen LogP contribution in [0.4, 0.5) is 0 Å². The van der Waals surface area contributed by atoms with Gasteiger partial charge in [0.25, 0.3) is 0 Å². The third-order valence-corrected chi connectivity index (χ3v) is 3.84. The first-order chi connectivity index (χ1) is 7.88. The van der Waals surface area contributed by atoms with E-state index < -0.39 is 5.60 Å². The molecular weight excluding hydrogens is 208 g/mol. The van der Waals surface area contributed by atoms with Gasteiger partial charge in [-0.05, 0) is 42.2 Å². The Morgan fingerprint density at radius 1 is 1.18 bits per heavy atom. The minimum absolute atomic E-state index is 0.312. The van der Waals surface area contributed by atoms with Gasteiger partial charge in [0.05, 0.1) is 5.60 Å². The molecular formula is C16H24O. The average molecular weight is 232 g/mol. The van der Waals surface area contributed by atoms with Gasteiger partial charge >= 0.3 is 0 Å². The van der Waals surface area contributed by atoms with E-state index in [0.717, 1.165) is 32.1 Å². The monoisotopic (exact) mass is 232 g/mol. The minimum Gasteiger partial charge on any atom is -0.390 e. The van der Waals surface area contributed by atoms with Crippen LogP contribution in [0.2, 0.25) is 0 Å². The Balaban J connectivity index is 2.05. The molecule has 1 aliphatic carbocycles. The molecule has 0 bridgehead atoms. The molecule has 1 atom stereocenters. The van der Waals surface area contributed by atoms with Crippen LogP contribution >= 0.6 is 0 Å². The summed E-state index contributed by atoms with van der Waals surface area (Å²) in [5, 5.41) is 10.7. The number of hydrogen-bond acceptors (Lipinski definition) is 1. The van der Waals surface area contributed by atoms with Crippen molar-refractivity contribution < 1.29 is 5.11 Å². The lowest BCUT2D eigenvalue weighted by atomic mass is 9.75. The highest BCUT2D eigenvalue weighted by Gasteiger charge is 2.32. The third kappa shape index (κ3) is 3.32. The summed E-state index contributed by atoms with van der Waals surface area (Å²) in [6.07, 6.45) is 4.78. The van der Waals surface area contributed by atoms with Gasteiger partial charge in [-0.15, -0.1) is 0 Å². The van der Waals surface area contributed by atoms with Crippen molar-refractivity contribution >= 4 is 0 Å². The molecule has 0 aliphatic heterocycles. The summed E-state index contributed by atoms with van der Waals surface area (Å²) in [5.74, 6) is 0. The molecule has 17 heavy (non-hydrogen) atoms. The fourth-order valence-electron chi connectivity index (χ4n) is 2.61. The molecule has 0 saturated carbocycles. The van der Waals surface area contributed by atoms with E-state index in [9.17, 15) is 5.11 Å². The second kappa shape index (κ2) is 4.45. The Kier molecular flexibility index (Phi) is 3.31. The van der Waals surface area contributed by atoms with Crippen LogP contribution in [0.5, 0.6) is 0 Å². The van der Waals surface area contributed by atoms with E-state index in [1.165, 1.54) is 11.1 Å². The van der Waals surface area contributed by atoms with Crippen molar-refractivity contribution in [2.24, 2.45) is 5.41 Å². The summed E-state index contributed by atoms with van der Waals surface area (Å²) < 4.78 is 0. The maximum Gasteiger partial charge on any atom is 0.0691 e. The molecule has 1 nitrogen and oxygen atoms in total. The van der Waals surface area contributed by atoms with Crippen molar-refractivity contribution in [2.75, 3.05) is 0 Å². The molecule has 1 aliphatic rings. The number of aliphatic hydroxyl groups is 1. The van der Waals surface area contributed by atoms with E-state index >= 15 is 0 Å². The van der Waals surface area contributed by atoms with Crippen LogP contribution in [0.25, 0.3) is 0 Å². The fourth-order valence-corrected chi connectivity index (χ4v) is 2.61. The van der Waals surface area contributed by atoms with Gasteiger partial charge in [0.1, 0.15) is 0 Å². The van der Waals surface area contributed by atoms with Crippen molar-refractivity contribution in [1.29, 1.82) is 0 Å². The van der Waals surface area contributed by atoms with Gasteiger partial charge < -0.3 is 5.11 Å². The molecule has 0 heterocycles. The Labute approximate surface area is 105 Å². The predicted octanol–water partition coefficient (Wildman–Crippen LogP) is 3.73. The molecule has 0 fully saturated rings. The molecule has 1 N–H and O–H groups in total. The highest BCUT2D eigenvalue weighted by molar-refractivity contribution is 5.31. The largest absolute Gasteiger partial charge is 0.390 e. The molecule has 0 amide bonds. The third-order valence-electron chi connectivity index (χ3n) is 3.84. The Bertz CT molecular complexity index is 389. The summed E-state index contributed by atoms with van der Waals surface area (Å²) in [6.45, 7) is 6.73. The molecule has 1 unspecified atom stereocenters. The smallest absolute Gasteiger partial charge is 0.0691 e. The Morgan fingerprint density at radius 3 is 2.47 bits per heavy atom. The van der Waals surface area contributed by atoms with Gasteiger partial charge in [-0.3, -0.25) is 0 Å². The zero-order chi connectivity index (χ0) is 12.5. The summed E-state index contributed by atoms with van der Waals surface area (Å²) >= 11 is 0. The highest BCUT2D eigenvalue weighted by Crippen LogP contribution is 2.35. The Morgan fingerprint density at radius 2 is 1.82 bits per heavy atom. The van der Waals surface area contributed by atoms with Gasteiger partial charge in [-0.2, -0.15) is 0 Å².